The highest BCUT2D eigenvalue weighted by Crippen LogP contribution is 2.37. The number of aromatic nitrogens is 6. The van der Waals surface area contributed by atoms with E-state index in [-0.39, 0.29) is 36.6 Å². The molecule has 3 aromatic rings. The van der Waals surface area contributed by atoms with Crippen LogP contribution in [0.15, 0.2) is 18.5 Å². The Kier molecular flexibility index (Phi) is 8.56. The minimum Gasteiger partial charge on any atom is -0.355 e. The lowest BCUT2D eigenvalue weighted by atomic mass is 9.78. The minimum atomic E-state index is -4.38. The molecule has 228 valence electrons. The molecule has 0 radical (unpaired) electrons. The molecule has 0 aromatic carbocycles. The Labute approximate surface area is 242 Å². The predicted octanol–water partition coefficient (Wildman–Crippen LogP) is 4.62. The molecule has 3 aromatic heterocycles. The van der Waals surface area contributed by atoms with Gasteiger partial charge in [-0.05, 0) is 50.0 Å². The number of halogens is 3. The monoisotopic (exact) mass is 588 g/mol. The summed E-state index contributed by atoms with van der Waals surface area (Å²) < 4.78 is 43.5. The average Bonchev–Trinajstić information content (AvgIpc) is 3.59. The summed E-state index contributed by atoms with van der Waals surface area (Å²) in [5.74, 6) is -2.05. The molecule has 1 aliphatic heterocycles. The largest absolute Gasteiger partial charge is 0.393 e. The number of alkyl halides is 3. The van der Waals surface area contributed by atoms with Crippen LogP contribution in [0.3, 0.4) is 0 Å². The third-order valence-electron chi connectivity index (χ3n) is 8.73. The molecule has 0 spiro atoms. The zero-order valence-corrected chi connectivity index (χ0v) is 24.5. The maximum Gasteiger partial charge on any atom is 0.393 e. The molecule has 2 fully saturated rings. The van der Waals surface area contributed by atoms with Crippen LogP contribution in [0.4, 0.5) is 13.2 Å². The zero-order chi connectivity index (χ0) is 30.2. The second kappa shape index (κ2) is 12.0. The molecule has 13 heteroatoms. The van der Waals surface area contributed by atoms with Gasteiger partial charge in [0.05, 0.1) is 35.2 Å². The summed E-state index contributed by atoms with van der Waals surface area (Å²) in [4.78, 5) is 35.5. The van der Waals surface area contributed by atoms with E-state index < -0.39 is 30.5 Å². The van der Waals surface area contributed by atoms with Gasteiger partial charge >= 0.3 is 6.18 Å². The number of carbonyl (C=O) groups excluding carboxylic acids is 2. The van der Waals surface area contributed by atoms with Crippen LogP contribution in [0.25, 0.3) is 5.78 Å². The lowest BCUT2D eigenvalue weighted by molar-refractivity contribution is -0.183. The Bertz CT molecular complexity index is 1420. The molecule has 1 aliphatic carbocycles. The number of amides is 2. The fourth-order valence-corrected chi connectivity index (χ4v) is 6.25. The maximum absolute atomic E-state index is 13.4. The van der Waals surface area contributed by atoms with Crippen molar-refractivity contribution in [2.45, 2.75) is 90.9 Å². The van der Waals surface area contributed by atoms with Gasteiger partial charge in [0.15, 0.2) is 0 Å². The molecular weight excluding hydrogens is 549 g/mol. The van der Waals surface area contributed by atoms with Gasteiger partial charge in [-0.25, -0.2) is 14.5 Å². The van der Waals surface area contributed by atoms with Crippen LogP contribution < -0.4 is 10.6 Å². The third-order valence-corrected chi connectivity index (χ3v) is 8.73. The van der Waals surface area contributed by atoms with Crippen molar-refractivity contribution in [1.29, 1.82) is 0 Å². The number of carbonyl (C=O) groups is 2. The summed E-state index contributed by atoms with van der Waals surface area (Å²) in [6.45, 7) is 8.17. The number of nitrogens with one attached hydrogen (secondary N) is 2. The molecule has 5 rings (SSSR count). The van der Waals surface area contributed by atoms with E-state index in [2.05, 4.69) is 22.7 Å². The summed E-state index contributed by atoms with van der Waals surface area (Å²) in [6.07, 6.45) is 2.71. The molecule has 1 saturated heterocycles. The van der Waals surface area contributed by atoms with Crippen molar-refractivity contribution in [3.63, 3.8) is 0 Å². The van der Waals surface area contributed by atoms with Crippen molar-refractivity contribution < 1.29 is 22.8 Å². The Morgan fingerprint density at radius 2 is 1.93 bits per heavy atom. The number of piperidine rings is 1. The third kappa shape index (κ3) is 6.29. The number of aryl methyl sites for hydroxylation is 1. The summed E-state index contributed by atoms with van der Waals surface area (Å²) >= 11 is 0. The number of rotatable bonds is 8. The highest BCUT2D eigenvalue weighted by Gasteiger charge is 2.45. The highest BCUT2D eigenvalue weighted by molar-refractivity contribution is 5.92. The fraction of sp³-hybridized carbons (Fsp3) is 0.655. The first-order valence-electron chi connectivity index (χ1n) is 14.9. The van der Waals surface area contributed by atoms with E-state index >= 15 is 0 Å². The van der Waals surface area contributed by atoms with E-state index in [0.29, 0.717) is 41.0 Å². The molecule has 4 heterocycles. The Morgan fingerprint density at radius 1 is 1.19 bits per heavy atom. The summed E-state index contributed by atoms with van der Waals surface area (Å²) in [5, 5.41) is 14.6. The molecule has 1 saturated carbocycles. The van der Waals surface area contributed by atoms with Gasteiger partial charge < -0.3 is 10.6 Å². The molecule has 10 nitrogen and oxygen atoms in total. The molecule has 0 bridgehead atoms. The minimum absolute atomic E-state index is 0.0457. The standard InChI is InChI=1S/C29H39F3N8O2/c1-5-39-23(10-11-34-39)27(42)36-25(18-8-6-17(4)7-9-18)22-15-40-28(35-22)37-24(16(2)3)21(38-40)13-19-12-20(29(30,31)32)14-33-26(19)41/h10-11,15-20,25H,5-9,12-14H2,1-4H3,(H,33,41)(H,36,42)/t17?,18?,19-,20-,25+/m1/s1. The van der Waals surface area contributed by atoms with Crippen molar-refractivity contribution in [2.24, 2.45) is 23.7 Å². The Hall–Kier alpha value is -3.51. The van der Waals surface area contributed by atoms with Crippen molar-refractivity contribution in [2.75, 3.05) is 6.54 Å². The van der Waals surface area contributed by atoms with E-state index in [0.717, 1.165) is 25.7 Å². The summed E-state index contributed by atoms with van der Waals surface area (Å²) in [6, 6.07) is 1.31. The van der Waals surface area contributed by atoms with Gasteiger partial charge in [0.2, 0.25) is 5.91 Å². The molecule has 3 atom stereocenters. The quantitative estimate of drug-likeness (QED) is 0.397. The second-order valence-corrected chi connectivity index (χ2v) is 12.1. The number of fused-ring (bicyclic) bond motifs is 1. The molecule has 2 amide bonds. The smallest absolute Gasteiger partial charge is 0.355 e. The predicted molar refractivity (Wildman–Crippen MR) is 148 cm³/mol. The lowest BCUT2D eigenvalue weighted by Gasteiger charge is -2.32. The van der Waals surface area contributed by atoms with Crippen LogP contribution in [0.5, 0.6) is 0 Å². The Morgan fingerprint density at radius 3 is 2.60 bits per heavy atom. The van der Waals surface area contributed by atoms with Crippen molar-refractivity contribution in [3.05, 3.63) is 41.2 Å². The van der Waals surface area contributed by atoms with E-state index in [1.807, 2.05) is 20.8 Å². The van der Waals surface area contributed by atoms with Crippen LogP contribution in [0.2, 0.25) is 0 Å². The van der Waals surface area contributed by atoms with Gasteiger partial charge in [-0.15, -0.1) is 0 Å². The lowest BCUT2D eigenvalue weighted by Crippen LogP contribution is -2.47. The SMILES string of the molecule is CCn1nccc1C(=O)N[C@H](c1cn2nc(C[C@H]3C[C@@H](C(F)(F)F)CNC3=O)c(C(C)C)nc2n1)C1CCC(C)CC1. The van der Waals surface area contributed by atoms with Crippen LogP contribution in [0, 0.1) is 23.7 Å². The van der Waals surface area contributed by atoms with Crippen molar-refractivity contribution in [1.82, 2.24) is 40.0 Å². The van der Waals surface area contributed by atoms with E-state index in [1.54, 1.807) is 23.1 Å². The topological polar surface area (TPSA) is 119 Å². The van der Waals surface area contributed by atoms with Gasteiger partial charge in [-0.2, -0.15) is 23.4 Å². The average molecular weight is 589 g/mol. The van der Waals surface area contributed by atoms with Crippen LogP contribution in [-0.2, 0) is 17.8 Å². The number of imidazole rings is 1. The first-order chi connectivity index (χ1) is 19.9. The van der Waals surface area contributed by atoms with E-state index in [9.17, 15) is 22.8 Å². The van der Waals surface area contributed by atoms with Crippen molar-refractivity contribution >= 4 is 17.6 Å². The first kappa shape index (κ1) is 30.0. The van der Waals surface area contributed by atoms with Crippen molar-refractivity contribution in [3.8, 4) is 0 Å². The normalized spacial score (nSPS) is 24.1. The van der Waals surface area contributed by atoms with Gasteiger partial charge in [-0.1, -0.05) is 33.6 Å². The second-order valence-electron chi connectivity index (χ2n) is 12.1. The van der Waals surface area contributed by atoms with Crippen LogP contribution in [-0.4, -0.2) is 53.9 Å². The fourth-order valence-electron chi connectivity index (χ4n) is 6.25. The van der Waals surface area contributed by atoms with Gasteiger partial charge in [0.25, 0.3) is 11.7 Å². The summed E-state index contributed by atoms with van der Waals surface area (Å²) in [7, 11) is 0. The van der Waals surface area contributed by atoms with Gasteiger partial charge in [0, 0.05) is 31.6 Å². The Balaban J connectivity index is 1.47. The molecule has 2 N–H and O–H groups in total. The molecule has 2 aliphatic rings. The highest BCUT2D eigenvalue weighted by atomic mass is 19.4. The first-order valence-corrected chi connectivity index (χ1v) is 14.9. The number of hydrogen-bond acceptors (Lipinski definition) is 6. The van der Waals surface area contributed by atoms with Crippen LogP contribution in [0.1, 0.15) is 99.3 Å². The molecule has 42 heavy (non-hydrogen) atoms. The van der Waals surface area contributed by atoms with Gasteiger partial charge in [0.1, 0.15) is 5.69 Å². The molecule has 0 unspecified atom stereocenters. The number of hydrogen-bond donors (Lipinski definition) is 2. The number of nitrogens with zero attached hydrogens (tertiary/aromatic N) is 6. The van der Waals surface area contributed by atoms with Crippen LogP contribution >= 0.6 is 0 Å². The van der Waals surface area contributed by atoms with E-state index in [1.165, 1.54) is 4.52 Å². The van der Waals surface area contributed by atoms with Gasteiger partial charge in [-0.3, -0.25) is 14.3 Å². The van der Waals surface area contributed by atoms with E-state index in [4.69, 9.17) is 15.1 Å². The maximum atomic E-state index is 13.4. The summed E-state index contributed by atoms with van der Waals surface area (Å²) in [5.41, 5.74) is 2.17. The molecular formula is C29H39F3N8O2. The zero-order valence-electron chi connectivity index (χ0n) is 24.5.